The molecule has 1 aromatic rings. The Kier molecular flexibility index (Phi) is 3.56. The quantitative estimate of drug-likeness (QED) is 0.834. The van der Waals surface area contributed by atoms with Crippen molar-refractivity contribution in [1.82, 2.24) is 20.4 Å². The summed E-state index contributed by atoms with van der Waals surface area (Å²) in [6.45, 7) is 1.29. The Hall–Kier alpha value is -1.69. The Morgan fingerprint density at radius 2 is 2.20 bits per heavy atom. The Balaban J connectivity index is 1.68. The molecule has 1 aromatic heterocycles. The molecule has 3 heterocycles. The number of nitrogens with one attached hydrogen (secondary N) is 1. The second-order valence-corrected chi connectivity index (χ2v) is 5.64. The highest BCUT2D eigenvalue weighted by Crippen LogP contribution is 2.26. The largest absolute Gasteiger partial charge is 0.353 e. The molecule has 2 amide bonds. The molecule has 0 saturated carbocycles. The molecular weight excluding hydrogens is 280 g/mol. The molecule has 6 nitrogen and oxygen atoms in total. The van der Waals surface area contributed by atoms with Gasteiger partial charge in [-0.2, -0.15) is 0 Å². The topological polar surface area (TPSA) is 75.2 Å². The average Bonchev–Trinajstić information content (AvgIpc) is 2.47. The number of amides is 2. The zero-order chi connectivity index (χ0) is 14.1. The number of piperidine rings is 2. The normalized spacial score (nSPS) is 25.9. The van der Waals surface area contributed by atoms with E-state index in [2.05, 4.69) is 15.5 Å². The van der Waals surface area contributed by atoms with Gasteiger partial charge in [0.1, 0.15) is 0 Å². The number of nitrogens with zero attached hydrogens (tertiary/aromatic N) is 3. The van der Waals surface area contributed by atoms with Crippen molar-refractivity contribution in [3.63, 3.8) is 0 Å². The van der Waals surface area contributed by atoms with E-state index in [0.717, 1.165) is 12.8 Å². The lowest BCUT2D eigenvalue weighted by atomic mass is 9.85. The minimum Gasteiger partial charge on any atom is -0.353 e. The zero-order valence-corrected chi connectivity index (χ0v) is 11.6. The van der Waals surface area contributed by atoms with Crippen LogP contribution in [0.1, 0.15) is 29.8 Å². The first-order valence-electron chi connectivity index (χ1n) is 6.71. The van der Waals surface area contributed by atoms with E-state index in [-0.39, 0.29) is 23.0 Å². The minimum absolute atomic E-state index is 0.120. The molecule has 0 aliphatic carbocycles. The fourth-order valence-corrected chi connectivity index (χ4v) is 2.99. The summed E-state index contributed by atoms with van der Waals surface area (Å²) in [5, 5.41) is 10.8. The maximum absolute atomic E-state index is 12.3. The molecule has 7 heteroatoms. The van der Waals surface area contributed by atoms with Crippen molar-refractivity contribution in [3.8, 4) is 0 Å². The maximum Gasteiger partial charge on any atom is 0.274 e. The van der Waals surface area contributed by atoms with Crippen LogP contribution in [0.5, 0.6) is 0 Å². The smallest absolute Gasteiger partial charge is 0.274 e. The van der Waals surface area contributed by atoms with Gasteiger partial charge >= 0.3 is 0 Å². The molecule has 0 aromatic carbocycles. The van der Waals surface area contributed by atoms with E-state index in [0.29, 0.717) is 31.1 Å². The summed E-state index contributed by atoms with van der Waals surface area (Å²) in [5.74, 6) is 0.338. The van der Waals surface area contributed by atoms with Crippen LogP contribution in [0.2, 0.25) is 5.15 Å². The minimum atomic E-state index is -0.121. The zero-order valence-electron chi connectivity index (χ0n) is 10.9. The van der Waals surface area contributed by atoms with Crippen molar-refractivity contribution in [2.75, 3.05) is 13.1 Å². The molecule has 20 heavy (non-hydrogen) atoms. The van der Waals surface area contributed by atoms with Gasteiger partial charge in [0, 0.05) is 25.6 Å². The first kappa shape index (κ1) is 13.3. The van der Waals surface area contributed by atoms with Gasteiger partial charge in [0.25, 0.3) is 5.91 Å². The van der Waals surface area contributed by atoms with Crippen LogP contribution in [0.25, 0.3) is 0 Å². The number of aromatic nitrogens is 2. The highest BCUT2D eigenvalue weighted by Gasteiger charge is 2.35. The number of carbonyl (C=O) groups excluding carboxylic acids is 2. The highest BCUT2D eigenvalue weighted by atomic mass is 35.5. The first-order valence-corrected chi connectivity index (χ1v) is 7.09. The molecule has 2 aliphatic rings. The third kappa shape index (κ3) is 2.60. The van der Waals surface area contributed by atoms with Crippen molar-refractivity contribution in [3.05, 3.63) is 23.0 Å². The van der Waals surface area contributed by atoms with E-state index >= 15 is 0 Å². The van der Waals surface area contributed by atoms with Crippen LogP contribution < -0.4 is 5.32 Å². The molecular formula is C13H15ClN4O2. The summed E-state index contributed by atoms with van der Waals surface area (Å²) in [6.07, 6.45) is 2.18. The molecule has 2 aliphatic heterocycles. The van der Waals surface area contributed by atoms with E-state index in [1.54, 1.807) is 17.0 Å². The van der Waals surface area contributed by atoms with E-state index in [1.807, 2.05) is 0 Å². The molecule has 0 bridgehead atoms. The maximum atomic E-state index is 12.3. The molecule has 106 valence electrons. The van der Waals surface area contributed by atoms with Gasteiger partial charge in [-0.1, -0.05) is 11.6 Å². The van der Waals surface area contributed by atoms with Gasteiger partial charge in [0.2, 0.25) is 5.91 Å². The van der Waals surface area contributed by atoms with Crippen molar-refractivity contribution < 1.29 is 9.59 Å². The van der Waals surface area contributed by atoms with Crippen LogP contribution in [-0.4, -0.2) is 46.0 Å². The third-order valence-electron chi connectivity index (χ3n) is 3.96. The highest BCUT2D eigenvalue weighted by molar-refractivity contribution is 6.29. The van der Waals surface area contributed by atoms with Gasteiger partial charge < -0.3 is 10.2 Å². The number of likely N-dealkylation sites (tertiary alicyclic amines) is 1. The molecule has 2 unspecified atom stereocenters. The average molecular weight is 295 g/mol. The SMILES string of the molecule is O=C1CCC2CN(C(=O)c3ccc(Cl)nn3)CCC2N1. The lowest BCUT2D eigenvalue weighted by Gasteiger charge is -2.41. The van der Waals surface area contributed by atoms with Crippen LogP contribution in [0.15, 0.2) is 12.1 Å². The number of hydrogen-bond donors (Lipinski definition) is 1. The lowest BCUT2D eigenvalue weighted by Crippen LogP contribution is -2.55. The molecule has 2 atom stereocenters. The van der Waals surface area contributed by atoms with Gasteiger partial charge in [0.15, 0.2) is 10.8 Å². The van der Waals surface area contributed by atoms with Crippen LogP contribution in [-0.2, 0) is 4.79 Å². The molecule has 0 spiro atoms. The van der Waals surface area contributed by atoms with Crippen LogP contribution in [0.4, 0.5) is 0 Å². The number of carbonyl (C=O) groups is 2. The van der Waals surface area contributed by atoms with Gasteiger partial charge in [-0.15, -0.1) is 10.2 Å². The van der Waals surface area contributed by atoms with Crippen LogP contribution in [0.3, 0.4) is 0 Å². The second kappa shape index (κ2) is 5.36. The molecule has 2 saturated heterocycles. The summed E-state index contributed by atoms with van der Waals surface area (Å²) in [6, 6.07) is 3.36. The van der Waals surface area contributed by atoms with E-state index in [4.69, 9.17) is 11.6 Å². The molecule has 2 fully saturated rings. The van der Waals surface area contributed by atoms with Crippen molar-refractivity contribution in [2.24, 2.45) is 5.92 Å². The molecule has 3 rings (SSSR count). The standard InChI is InChI=1S/C13H15ClN4O2/c14-11-3-2-10(16-17-11)13(20)18-6-5-9-8(7-18)1-4-12(19)15-9/h2-3,8-9H,1,4-7H2,(H,15,19). The molecule has 0 radical (unpaired) electrons. The number of halogens is 1. The number of rotatable bonds is 1. The third-order valence-corrected chi connectivity index (χ3v) is 4.16. The fraction of sp³-hybridized carbons (Fsp3) is 0.538. The van der Waals surface area contributed by atoms with Crippen molar-refractivity contribution >= 4 is 23.4 Å². The lowest BCUT2D eigenvalue weighted by molar-refractivity contribution is -0.125. The van der Waals surface area contributed by atoms with Crippen LogP contribution >= 0.6 is 11.6 Å². The predicted octanol–water partition coefficient (Wildman–Crippen LogP) is 0.871. The van der Waals surface area contributed by atoms with Crippen molar-refractivity contribution in [1.29, 1.82) is 0 Å². The van der Waals surface area contributed by atoms with E-state index in [1.165, 1.54) is 0 Å². The first-order chi connectivity index (χ1) is 9.63. The summed E-state index contributed by atoms with van der Waals surface area (Å²) >= 11 is 5.67. The predicted molar refractivity (Wildman–Crippen MR) is 72.2 cm³/mol. The number of fused-ring (bicyclic) bond motifs is 1. The van der Waals surface area contributed by atoms with Gasteiger partial charge in [-0.25, -0.2) is 0 Å². The Morgan fingerprint density at radius 3 is 2.95 bits per heavy atom. The van der Waals surface area contributed by atoms with E-state index < -0.39 is 0 Å². The second-order valence-electron chi connectivity index (χ2n) is 5.25. The fourth-order valence-electron chi connectivity index (χ4n) is 2.89. The van der Waals surface area contributed by atoms with Gasteiger partial charge in [-0.05, 0) is 30.9 Å². The summed E-state index contributed by atoms with van der Waals surface area (Å²) in [7, 11) is 0. The molecule has 1 N–H and O–H groups in total. The Labute approximate surface area is 121 Å². The monoisotopic (exact) mass is 294 g/mol. The summed E-state index contributed by atoms with van der Waals surface area (Å²) < 4.78 is 0. The summed E-state index contributed by atoms with van der Waals surface area (Å²) in [5.41, 5.74) is 0.313. The number of hydrogen-bond acceptors (Lipinski definition) is 4. The Bertz CT molecular complexity index is 534. The summed E-state index contributed by atoms with van der Waals surface area (Å²) in [4.78, 5) is 25.5. The van der Waals surface area contributed by atoms with Gasteiger partial charge in [-0.3, -0.25) is 9.59 Å². The Morgan fingerprint density at radius 1 is 1.35 bits per heavy atom. The van der Waals surface area contributed by atoms with E-state index in [9.17, 15) is 9.59 Å². The van der Waals surface area contributed by atoms with Crippen molar-refractivity contribution in [2.45, 2.75) is 25.3 Å². The van der Waals surface area contributed by atoms with Crippen LogP contribution in [0, 0.1) is 5.92 Å². The van der Waals surface area contributed by atoms with Gasteiger partial charge in [0.05, 0.1) is 0 Å².